The molecule has 8 N–H and O–H groups in total. The molecule has 0 aliphatic carbocycles. The number of carboxylic acid groups (broad SMARTS) is 1. The summed E-state index contributed by atoms with van der Waals surface area (Å²) in [5.41, 5.74) is 3.85. The fraction of sp³-hybridized carbons (Fsp3) is 0.650. The molecular formula is C20H35N5O7. The molecule has 12 heteroatoms. The van der Waals surface area contributed by atoms with Gasteiger partial charge in [-0.3, -0.25) is 25.0 Å². The van der Waals surface area contributed by atoms with Gasteiger partial charge in [-0.1, -0.05) is 47.6 Å². The van der Waals surface area contributed by atoms with Crippen molar-refractivity contribution in [1.82, 2.24) is 21.3 Å². The van der Waals surface area contributed by atoms with E-state index in [0.717, 1.165) is 0 Å². The highest BCUT2D eigenvalue weighted by Gasteiger charge is 2.48. The van der Waals surface area contributed by atoms with E-state index in [1.807, 2.05) is 39.9 Å². The van der Waals surface area contributed by atoms with Gasteiger partial charge in [0.25, 0.3) is 11.8 Å². The molecule has 0 aromatic heterocycles. The zero-order valence-corrected chi connectivity index (χ0v) is 19.3. The Morgan fingerprint density at radius 2 is 1.59 bits per heavy atom. The standard InChI is InChI=1S/C7H12N2O3.C7H10N2O2.C6H13NO2/c1-3-4(2)7(12)5(10)8-6(11)9-7;1-4(2)3-5-6(10)9-7(11)8-5;1-4(2)3-5(7)6(8)9/h4,12H,3H2,1-2H3,(H2,8,9,10,11);3-4H,1-2H3,(H2,8,9,10,11);4-5H,3,7H2,1-2H3,(H,8,9)/t;;5-/m..0/s1. The Hall–Kier alpha value is -2.99. The maximum atomic E-state index is 11.1. The fourth-order valence-corrected chi connectivity index (χ4v) is 2.54. The molecule has 2 heterocycles. The Labute approximate surface area is 187 Å². The number of hydrogen-bond acceptors (Lipinski definition) is 7. The molecule has 0 radical (unpaired) electrons. The van der Waals surface area contributed by atoms with Gasteiger partial charge in [-0.15, -0.1) is 0 Å². The van der Waals surface area contributed by atoms with Crippen molar-refractivity contribution in [3.8, 4) is 0 Å². The van der Waals surface area contributed by atoms with Gasteiger partial charge in [0, 0.05) is 5.92 Å². The Bertz CT molecular complexity index is 751. The van der Waals surface area contributed by atoms with Gasteiger partial charge in [-0.2, -0.15) is 0 Å². The number of amides is 6. The summed E-state index contributed by atoms with van der Waals surface area (Å²) in [6.45, 7) is 11.3. The molecule has 2 rings (SSSR count). The largest absolute Gasteiger partial charge is 0.480 e. The average Bonchev–Trinajstić information content (AvgIpc) is 3.11. The molecule has 2 aliphatic rings. The summed E-state index contributed by atoms with van der Waals surface area (Å²) < 4.78 is 0. The van der Waals surface area contributed by atoms with E-state index < -0.39 is 35.7 Å². The molecule has 3 atom stereocenters. The lowest BCUT2D eigenvalue weighted by Gasteiger charge is -2.25. The van der Waals surface area contributed by atoms with E-state index in [1.54, 1.807) is 13.0 Å². The third kappa shape index (κ3) is 9.43. The highest BCUT2D eigenvalue weighted by Crippen LogP contribution is 2.20. The molecular weight excluding hydrogens is 422 g/mol. The number of hydrogen-bond donors (Lipinski definition) is 7. The summed E-state index contributed by atoms with van der Waals surface area (Å²) >= 11 is 0. The number of carbonyl (C=O) groups is 5. The van der Waals surface area contributed by atoms with Gasteiger partial charge in [-0.25, -0.2) is 9.59 Å². The van der Waals surface area contributed by atoms with Crippen LogP contribution >= 0.6 is 0 Å². The van der Waals surface area contributed by atoms with Crippen LogP contribution in [0.25, 0.3) is 0 Å². The van der Waals surface area contributed by atoms with E-state index in [-0.39, 0.29) is 17.7 Å². The number of rotatable bonds is 6. The number of allylic oxidation sites excluding steroid dienone is 1. The molecule has 0 saturated carbocycles. The average molecular weight is 458 g/mol. The first-order chi connectivity index (χ1) is 14.6. The van der Waals surface area contributed by atoms with Crippen LogP contribution in [0.15, 0.2) is 11.8 Å². The smallest absolute Gasteiger partial charge is 0.326 e. The molecule has 2 saturated heterocycles. The van der Waals surface area contributed by atoms with Gasteiger partial charge in [0.15, 0.2) is 0 Å². The number of imide groups is 2. The minimum Gasteiger partial charge on any atom is -0.480 e. The van der Waals surface area contributed by atoms with Crippen molar-refractivity contribution in [3.05, 3.63) is 11.8 Å². The second-order valence-corrected chi connectivity index (χ2v) is 8.29. The number of urea groups is 2. The van der Waals surface area contributed by atoms with E-state index in [9.17, 15) is 29.1 Å². The first-order valence-corrected chi connectivity index (χ1v) is 10.3. The summed E-state index contributed by atoms with van der Waals surface area (Å²) in [7, 11) is 0. The molecule has 182 valence electrons. The van der Waals surface area contributed by atoms with Gasteiger partial charge < -0.3 is 26.6 Å². The van der Waals surface area contributed by atoms with Crippen molar-refractivity contribution in [3.63, 3.8) is 0 Å². The van der Waals surface area contributed by atoms with Crippen LogP contribution in [0.4, 0.5) is 9.59 Å². The van der Waals surface area contributed by atoms with Gasteiger partial charge in [0.05, 0.1) is 0 Å². The summed E-state index contributed by atoms with van der Waals surface area (Å²) in [5.74, 6) is -1.59. The summed E-state index contributed by atoms with van der Waals surface area (Å²) in [6.07, 6.45) is 2.87. The molecule has 2 fully saturated rings. The third-order valence-corrected chi connectivity index (χ3v) is 4.47. The van der Waals surface area contributed by atoms with Crippen molar-refractivity contribution in [2.45, 2.75) is 66.2 Å². The third-order valence-electron chi connectivity index (χ3n) is 4.47. The SMILES string of the molecule is CC(C)C=C1NC(=O)NC1=O.CC(C)C[C@H](N)C(=O)O.CCC(C)C1(O)NC(=O)NC1=O. The highest BCUT2D eigenvalue weighted by atomic mass is 16.4. The van der Waals surface area contributed by atoms with E-state index >= 15 is 0 Å². The lowest BCUT2D eigenvalue weighted by molar-refractivity contribution is -0.142. The monoisotopic (exact) mass is 457 g/mol. The Morgan fingerprint density at radius 1 is 1.03 bits per heavy atom. The van der Waals surface area contributed by atoms with Crippen LogP contribution in [-0.4, -0.2) is 51.8 Å². The molecule has 0 spiro atoms. The number of aliphatic hydroxyl groups is 1. The molecule has 32 heavy (non-hydrogen) atoms. The van der Waals surface area contributed by atoms with Gasteiger partial charge >= 0.3 is 18.0 Å². The molecule has 6 amide bonds. The van der Waals surface area contributed by atoms with Crippen molar-refractivity contribution >= 4 is 29.8 Å². The van der Waals surface area contributed by atoms with Crippen molar-refractivity contribution in [2.75, 3.05) is 0 Å². The Balaban J connectivity index is 0.000000456. The molecule has 0 bridgehead atoms. The lowest BCUT2D eigenvalue weighted by atomic mass is 9.95. The molecule has 0 aromatic rings. The first-order valence-electron chi connectivity index (χ1n) is 10.3. The normalized spacial score (nSPS) is 22.8. The molecule has 12 nitrogen and oxygen atoms in total. The highest BCUT2D eigenvalue weighted by molar-refractivity contribution is 6.11. The Morgan fingerprint density at radius 3 is 1.88 bits per heavy atom. The summed E-state index contributed by atoms with van der Waals surface area (Å²) in [6, 6.07) is -1.77. The van der Waals surface area contributed by atoms with Crippen LogP contribution in [0.1, 0.15) is 54.4 Å². The first kappa shape index (κ1) is 29.0. The minimum absolute atomic E-state index is 0.258. The van der Waals surface area contributed by atoms with Crippen LogP contribution in [0, 0.1) is 17.8 Å². The maximum Gasteiger partial charge on any atom is 0.326 e. The number of nitrogens with one attached hydrogen (secondary N) is 4. The maximum absolute atomic E-state index is 11.1. The summed E-state index contributed by atoms with van der Waals surface area (Å²) in [5, 5.41) is 26.6. The van der Waals surface area contributed by atoms with Gasteiger partial charge in [0.2, 0.25) is 5.72 Å². The second-order valence-electron chi connectivity index (χ2n) is 8.29. The van der Waals surface area contributed by atoms with E-state index in [4.69, 9.17) is 10.8 Å². The van der Waals surface area contributed by atoms with Gasteiger partial charge in [0.1, 0.15) is 11.7 Å². The van der Waals surface area contributed by atoms with Crippen LogP contribution in [0.5, 0.6) is 0 Å². The Kier molecular flexibility index (Phi) is 11.6. The van der Waals surface area contributed by atoms with Crippen LogP contribution in [-0.2, 0) is 14.4 Å². The van der Waals surface area contributed by atoms with Crippen molar-refractivity contribution in [1.29, 1.82) is 0 Å². The predicted molar refractivity (Wildman–Crippen MR) is 116 cm³/mol. The molecule has 2 unspecified atom stereocenters. The van der Waals surface area contributed by atoms with Crippen LogP contribution in [0.3, 0.4) is 0 Å². The van der Waals surface area contributed by atoms with E-state index in [1.165, 1.54) is 0 Å². The number of nitrogens with two attached hydrogens (primary N) is 1. The lowest BCUT2D eigenvalue weighted by Crippen LogP contribution is -2.51. The number of carboxylic acids is 1. The van der Waals surface area contributed by atoms with Crippen molar-refractivity contribution < 1.29 is 34.2 Å². The van der Waals surface area contributed by atoms with E-state index in [2.05, 4.69) is 16.0 Å². The fourth-order valence-electron chi connectivity index (χ4n) is 2.54. The zero-order valence-electron chi connectivity index (χ0n) is 19.3. The molecule has 2 aliphatic heterocycles. The van der Waals surface area contributed by atoms with Gasteiger partial charge in [-0.05, 0) is 24.7 Å². The summed E-state index contributed by atoms with van der Waals surface area (Å²) in [4.78, 5) is 53.3. The second kappa shape index (κ2) is 12.8. The zero-order chi connectivity index (χ0) is 25.2. The van der Waals surface area contributed by atoms with E-state index in [0.29, 0.717) is 24.5 Å². The van der Waals surface area contributed by atoms with Crippen LogP contribution < -0.4 is 27.0 Å². The minimum atomic E-state index is -1.72. The van der Waals surface area contributed by atoms with Crippen LogP contribution in [0.2, 0.25) is 0 Å². The quantitative estimate of drug-likeness (QED) is 0.219. The topological polar surface area (TPSA) is 200 Å². The predicted octanol–water partition coefficient (Wildman–Crippen LogP) is 0.371. The number of aliphatic carboxylic acids is 1. The molecule has 0 aromatic carbocycles. The van der Waals surface area contributed by atoms with Crippen molar-refractivity contribution in [2.24, 2.45) is 23.5 Å². The number of carbonyl (C=O) groups excluding carboxylic acids is 4.